The van der Waals surface area contributed by atoms with Gasteiger partial charge in [0.15, 0.2) is 5.82 Å². The van der Waals surface area contributed by atoms with Crippen LogP contribution in [0.2, 0.25) is 0 Å². The molecule has 0 amide bonds. The van der Waals surface area contributed by atoms with E-state index >= 15 is 0 Å². The summed E-state index contributed by atoms with van der Waals surface area (Å²) in [6.07, 6.45) is 8.27. The number of nitrogens with one attached hydrogen (secondary N) is 1. The lowest BCUT2D eigenvalue weighted by molar-refractivity contribution is -0.143. The lowest BCUT2D eigenvalue weighted by Gasteiger charge is -2.19. The number of para-hydroxylation sites is 1. The Morgan fingerprint density at radius 3 is 2.37 bits per heavy atom. The minimum absolute atomic E-state index is 0.117. The maximum Gasteiger partial charge on any atom is 0.439 e. The van der Waals surface area contributed by atoms with E-state index in [-0.39, 0.29) is 17.3 Å². The number of carbonyl (C=O) groups excluding carboxylic acids is 1. The fraction of sp³-hybridized carbons (Fsp3) is 0.361. The third-order valence-corrected chi connectivity index (χ3v) is 7.36. The number of rotatable bonds is 14. The molecule has 1 heterocycles. The van der Waals surface area contributed by atoms with Gasteiger partial charge in [-0.1, -0.05) is 111 Å². The number of unbranched alkanes of at least 4 members (excludes halogenated alkanes) is 1. The van der Waals surface area contributed by atoms with Crippen molar-refractivity contribution >= 4 is 12.0 Å². The van der Waals surface area contributed by atoms with Crippen molar-refractivity contribution in [3.8, 4) is 17.1 Å². The Morgan fingerprint density at radius 1 is 0.977 bits per heavy atom. The van der Waals surface area contributed by atoms with Crippen LogP contribution in [0.3, 0.4) is 0 Å². The number of nitrogens with zero attached hydrogens (tertiary/aromatic N) is 1. The lowest BCUT2D eigenvalue weighted by atomic mass is 9.87. The number of ether oxygens (including phenoxy) is 2. The molecule has 0 saturated carbocycles. The number of aromatic nitrogens is 2. The van der Waals surface area contributed by atoms with E-state index in [4.69, 9.17) is 9.47 Å². The third kappa shape index (κ3) is 9.84. The van der Waals surface area contributed by atoms with Gasteiger partial charge in [-0.3, -0.25) is 14.3 Å². The van der Waals surface area contributed by atoms with E-state index in [0.717, 1.165) is 53.7 Å². The second-order valence-corrected chi connectivity index (χ2v) is 11.8. The van der Waals surface area contributed by atoms with Crippen LogP contribution in [0.5, 0.6) is 5.75 Å². The summed E-state index contributed by atoms with van der Waals surface area (Å²) in [4.78, 5) is 25.7. The Balaban J connectivity index is 1.44. The predicted octanol–water partition coefficient (Wildman–Crippen LogP) is 7.90. The molecule has 0 radical (unpaired) electrons. The minimum Gasteiger partial charge on any atom is -0.488 e. The summed E-state index contributed by atoms with van der Waals surface area (Å²) < 4.78 is 16.0. The smallest absolute Gasteiger partial charge is 0.439 e. The van der Waals surface area contributed by atoms with E-state index in [0.29, 0.717) is 25.5 Å². The van der Waals surface area contributed by atoms with Gasteiger partial charge < -0.3 is 9.47 Å². The molecular weight excluding hydrogens is 540 g/mol. The van der Waals surface area contributed by atoms with Crippen LogP contribution in [0.15, 0.2) is 88.2 Å². The van der Waals surface area contributed by atoms with Crippen molar-refractivity contribution in [2.75, 3.05) is 6.61 Å². The van der Waals surface area contributed by atoms with Crippen LogP contribution in [0.1, 0.15) is 75.6 Å². The van der Waals surface area contributed by atoms with Crippen molar-refractivity contribution in [2.45, 2.75) is 71.8 Å². The normalized spacial score (nSPS) is 12.4. The Hall–Kier alpha value is -4.39. The first-order valence-electron chi connectivity index (χ1n) is 15.0. The molecule has 1 N–H and O–H groups in total. The van der Waals surface area contributed by atoms with Gasteiger partial charge in [-0.15, -0.1) is 0 Å². The average Bonchev–Trinajstić information content (AvgIpc) is 3.43. The first kappa shape index (κ1) is 31.5. The van der Waals surface area contributed by atoms with Crippen molar-refractivity contribution < 1.29 is 18.8 Å². The Morgan fingerprint density at radius 2 is 1.70 bits per heavy atom. The zero-order valence-electron chi connectivity index (χ0n) is 25.6. The summed E-state index contributed by atoms with van der Waals surface area (Å²) in [7, 11) is 0. The van der Waals surface area contributed by atoms with Gasteiger partial charge in [0.1, 0.15) is 12.4 Å². The molecule has 0 bridgehead atoms. The molecule has 1 unspecified atom stereocenters. The van der Waals surface area contributed by atoms with Crippen LogP contribution >= 0.6 is 0 Å². The van der Waals surface area contributed by atoms with E-state index in [9.17, 15) is 9.59 Å². The second kappa shape index (κ2) is 15.2. The summed E-state index contributed by atoms with van der Waals surface area (Å²) in [5.74, 6) is 0.780. The largest absolute Gasteiger partial charge is 0.488 e. The summed E-state index contributed by atoms with van der Waals surface area (Å²) in [5, 5.41) is 3.77. The highest BCUT2D eigenvalue weighted by atomic mass is 16.5. The Labute approximate surface area is 253 Å². The van der Waals surface area contributed by atoms with Gasteiger partial charge in [0.2, 0.25) is 0 Å². The monoisotopic (exact) mass is 582 g/mol. The first-order chi connectivity index (χ1) is 20.7. The molecule has 0 saturated heterocycles. The highest BCUT2D eigenvalue weighted by Gasteiger charge is 2.13. The zero-order valence-corrected chi connectivity index (χ0v) is 25.6. The molecule has 43 heavy (non-hydrogen) atoms. The molecule has 0 fully saturated rings. The predicted molar refractivity (Wildman–Crippen MR) is 170 cm³/mol. The third-order valence-electron chi connectivity index (χ3n) is 7.36. The molecule has 4 aromatic rings. The maximum absolute atomic E-state index is 11.8. The molecule has 0 aliphatic heterocycles. The van der Waals surface area contributed by atoms with E-state index in [1.54, 1.807) is 0 Å². The Kier molecular flexibility index (Phi) is 11.1. The SMILES string of the molecule is CCOC(=O)CCCCC(C=Cc1ccccc1OCc1ccc(C(C)(C)C)cc1)Cc1ccc(-c2noc(=O)[nH]2)cc1. The standard InChI is InChI=1S/C36H42N2O5/c1-5-41-33(39)13-9-6-10-26(24-27-15-20-30(21-16-27)34-37-35(40)43-38-34)14-19-29-11-7-8-12-32(29)42-25-28-17-22-31(23-18-28)36(2,3)4/h7-8,11-12,14-23,26H,5-6,9-10,13,24-25H2,1-4H3,(H,37,38,40). The van der Waals surface area contributed by atoms with E-state index in [1.165, 1.54) is 5.56 Å². The van der Waals surface area contributed by atoms with Crippen LogP contribution in [0.25, 0.3) is 17.5 Å². The molecule has 7 heteroatoms. The second-order valence-electron chi connectivity index (χ2n) is 11.8. The molecule has 7 nitrogen and oxygen atoms in total. The van der Waals surface area contributed by atoms with E-state index < -0.39 is 5.76 Å². The number of allylic oxidation sites excluding steroid dienone is 1. The van der Waals surface area contributed by atoms with Gasteiger partial charge in [-0.2, -0.15) is 0 Å². The average molecular weight is 583 g/mol. The molecular formula is C36H42N2O5. The molecule has 4 rings (SSSR count). The number of esters is 1. The summed E-state index contributed by atoms with van der Waals surface area (Å²) in [6.45, 7) is 9.37. The first-order valence-corrected chi connectivity index (χ1v) is 15.0. The highest BCUT2D eigenvalue weighted by molar-refractivity contribution is 5.69. The van der Waals surface area contributed by atoms with Gasteiger partial charge in [0.05, 0.1) is 6.61 Å². The fourth-order valence-corrected chi connectivity index (χ4v) is 4.88. The van der Waals surface area contributed by atoms with Gasteiger partial charge in [-0.25, -0.2) is 4.79 Å². The molecule has 1 atom stereocenters. The van der Waals surface area contributed by atoms with Crippen molar-refractivity contribution in [3.05, 3.63) is 112 Å². The van der Waals surface area contributed by atoms with Crippen LogP contribution in [0.4, 0.5) is 0 Å². The van der Waals surface area contributed by atoms with Gasteiger partial charge in [0, 0.05) is 17.5 Å². The van der Waals surface area contributed by atoms with Crippen molar-refractivity contribution in [1.82, 2.24) is 10.1 Å². The molecule has 226 valence electrons. The number of aromatic amines is 1. The zero-order chi connectivity index (χ0) is 30.7. The quantitative estimate of drug-likeness (QED) is 0.120. The molecule has 0 aliphatic rings. The summed E-state index contributed by atoms with van der Waals surface area (Å²) in [5.41, 5.74) is 5.52. The van der Waals surface area contributed by atoms with Crippen LogP contribution in [-0.2, 0) is 28.0 Å². The number of hydrogen-bond acceptors (Lipinski definition) is 6. The maximum atomic E-state index is 11.8. The number of H-pyrrole nitrogens is 1. The number of carbonyl (C=O) groups is 1. The van der Waals surface area contributed by atoms with Crippen molar-refractivity contribution in [1.29, 1.82) is 0 Å². The van der Waals surface area contributed by atoms with Crippen LogP contribution in [0, 0.1) is 5.92 Å². The Bertz CT molecular complexity index is 1530. The van der Waals surface area contributed by atoms with Gasteiger partial charge >= 0.3 is 11.7 Å². The summed E-state index contributed by atoms with van der Waals surface area (Å²) >= 11 is 0. The topological polar surface area (TPSA) is 94.4 Å². The van der Waals surface area contributed by atoms with Crippen molar-refractivity contribution in [2.24, 2.45) is 5.92 Å². The molecule has 0 spiro atoms. The fourth-order valence-electron chi connectivity index (χ4n) is 4.88. The highest BCUT2D eigenvalue weighted by Crippen LogP contribution is 2.26. The van der Waals surface area contributed by atoms with Gasteiger partial charge in [0.25, 0.3) is 0 Å². The van der Waals surface area contributed by atoms with E-state index in [2.05, 4.69) is 77.9 Å². The van der Waals surface area contributed by atoms with Crippen molar-refractivity contribution in [3.63, 3.8) is 0 Å². The number of benzene rings is 3. The lowest BCUT2D eigenvalue weighted by Crippen LogP contribution is -2.10. The van der Waals surface area contributed by atoms with E-state index in [1.807, 2.05) is 49.4 Å². The minimum atomic E-state index is -0.574. The molecule has 0 aliphatic carbocycles. The van der Waals surface area contributed by atoms with Crippen LogP contribution < -0.4 is 10.5 Å². The number of hydrogen-bond donors (Lipinski definition) is 1. The molecule has 3 aromatic carbocycles. The van der Waals surface area contributed by atoms with Gasteiger partial charge in [-0.05, 0) is 60.3 Å². The summed E-state index contributed by atoms with van der Waals surface area (Å²) in [6, 6.07) is 24.7. The van der Waals surface area contributed by atoms with Crippen LogP contribution in [-0.4, -0.2) is 22.7 Å². The molecule has 1 aromatic heterocycles.